The van der Waals surface area contributed by atoms with Crippen LogP contribution in [0.15, 0.2) is 0 Å². The molecule has 0 rings (SSSR count). The van der Waals surface area contributed by atoms with Crippen LogP contribution in [0.25, 0.3) is 0 Å². The molecule has 0 fully saturated rings. The van der Waals surface area contributed by atoms with Gasteiger partial charge in [0, 0.05) is 12.0 Å². The van der Waals surface area contributed by atoms with Gasteiger partial charge in [0.25, 0.3) is 0 Å². The maximum Gasteiger partial charge on any atom is 0.0598 e. The summed E-state index contributed by atoms with van der Waals surface area (Å²) in [6.07, 6.45) is 1.06. The highest BCUT2D eigenvalue weighted by Crippen LogP contribution is 2.24. The van der Waals surface area contributed by atoms with Gasteiger partial charge >= 0.3 is 0 Å². The Kier molecular flexibility index (Phi) is 6.08. The largest absolute Gasteiger partial charge is 0.376 e. The third-order valence-electron chi connectivity index (χ3n) is 2.43. The Morgan fingerprint density at radius 3 is 1.93 bits per heavy atom. The third-order valence-corrected chi connectivity index (χ3v) is 2.76. The molecule has 86 valence electrons. The van der Waals surface area contributed by atoms with Crippen LogP contribution in [0.1, 0.15) is 48.0 Å². The topological polar surface area (TPSA) is 9.23 Å². The van der Waals surface area contributed by atoms with Crippen molar-refractivity contribution in [3.05, 3.63) is 0 Å². The van der Waals surface area contributed by atoms with E-state index in [9.17, 15) is 0 Å². The first-order valence-electron chi connectivity index (χ1n) is 5.52. The fourth-order valence-electron chi connectivity index (χ4n) is 1.59. The highest BCUT2D eigenvalue weighted by atomic mass is 35.5. The van der Waals surface area contributed by atoms with E-state index in [4.69, 9.17) is 16.3 Å². The molecule has 0 aromatic rings. The minimum atomic E-state index is -0.0307. The average molecular weight is 221 g/mol. The molecular weight excluding hydrogens is 196 g/mol. The monoisotopic (exact) mass is 220 g/mol. The lowest BCUT2D eigenvalue weighted by atomic mass is 9.90. The number of hydrogen-bond acceptors (Lipinski definition) is 1. The van der Waals surface area contributed by atoms with Crippen LogP contribution in [-0.2, 0) is 4.74 Å². The summed E-state index contributed by atoms with van der Waals surface area (Å²) in [5, 5.41) is 0.235. The minimum absolute atomic E-state index is 0.0307. The standard InChI is InChI=1S/C12H25ClO/c1-9(2)11(10(3)13)7-8-14-12(4,5)6/h9-11H,7-8H2,1-6H3. The molecule has 2 heteroatoms. The number of hydrogen-bond donors (Lipinski definition) is 0. The first-order chi connectivity index (χ1) is 6.24. The molecular formula is C12H25ClO. The molecule has 0 aliphatic rings. The lowest BCUT2D eigenvalue weighted by Gasteiger charge is -2.26. The molecule has 0 saturated heterocycles. The molecule has 0 radical (unpaired) electrons. The second-order valence-corrected chi connectivity index (χ2v) is 6.02. The molecule has 14 heavy (non-hydrogen) atoms. The zero-order valence-corrected chi connectivity index (χ0v) is 11.2. The lowest BCUT2D eigenvalue weighted by Crippen LogP contribution is -2.24. The maximum absolute atomic E-state index is 6.13. The van der Waals surface area contributed by atoms with Gasteiger partial charge in [0.05, 0.1) is 5.60 Å². The summed E-state index contributed by atoms with van der Waals surface area (Å²) < 4.78 is 5.70. The Balaban J connectivity index is 3.84. The fourth-order valence-corrected chi connectivity index (χ4v) is 2.01. The smallest absolute Gasteiger partial charge is 0.0598 e. The zero-order chi connectivity index (χ0) is 11.4. The molecule has 0 heterocycles. The third kappa shape index (κ3) is 6.67. The van der Waals surface area contributed by atoms with Crippen LogP contribution < -0.4 is 0 Å². The van der Waals surface area contributed by atoms with Gasteiger partial charge in [-0.15, -0.1) is 11.6 Å². The Morgan fingerprint density at radius 1 is 1.14 bits per heavy atom. The van der Waals surface area contributed by atoms with Crippen molar-refractivity contribution in [2.75, 3.05) is 6.61 Å². The van der Waals surface area contributed by atoms with Gasteiger partial charge in [-0.2, -0.15) is 0 Å². The predicted octanol–water partition coefficient (Wildman–Crippen LogP) is 4.09. The number of alkyl halides is 1. The van der Waals surface area contributed by atoms with Crippen molar-refractivity contribution in [3.63, 3.8) is 0 Å². The molecule has 0 aromatic heterocycles. The van der Waals surface area contributed by atoms with Crippen LogP contribution in [0.2, 0.25) is 0 Å². The van der Waals surface area contributed by atoms with Crippen molar-refractivity contribution in [1.29, 1.82) is 0 Å². The van der Waals surface area contributed by atoms with E-state index < -0.39 is 0 Å². The van der Waals surface area contributed by atoms with Crippen LogP contribution in [0.4, 0.5) is 0 Å². The lowest BCUT2D eigenvalue weighted by molar-refractivity contribution is -0.0115. The average Bonchev–Trinajstić information content (AvgIpc) is 1.94. The summed E-state index contributed by atoms with van der Waals surface area (Å²) in [7, 11) is 0. The van der Waals surface area contributed by atoms with Gasteiger partial charge < -0.3 is 4.74 Å². The van der Waals surface area contributed by atoms with Crippen molar-refractivity contribution < 1.29 is 4.74 Å². The van der Waals surface area contributed by atoms with Crippen LogP contribution in [0, 0.1) is 11.8 Å². The van der Waals surface area contributed by atoms with Crippen LogP contribution in [0.5, 0.6) is 0 Å². The van der Waals surface area contributed by atoms with Crippen LogP contribution >= 0.6 is 11.6 Å². The Morgan fingerprint density at radius 2 is 1.64 bits per heavy atom. The van der Waals surface area contributed by atoms with E-state index in [1.54, 1.807) is 0 Å². The molecule has 2 unspecified atom stereocenters. The minimum Gasteiger partial charge on any atom is -0.376 e. The van der Waals surface area contributed by atoms with Gasteiger partial charge in [-0.25, -0.2) is 0 Å². The van der Waals surface area contributed by atoms with Gasteiger partial charge in [0.2, 0.25) is 0 Å². The van der Waals surface area contributed by atoms with Crippen LogP contribution in [-0.4, -0.2) is 17.6 Å². The van der Waals surface area contributed by atoms with E-state index in [0.29, 0.717) is 11.8 Å². The SMILES string of the molecule is CC(C)C(CCOC(C)(C)C)C(C)Cl. The molecule has 0 bridgehead atoms. The molecule has 0 aromatic carbocycles. The summed E-state index contributed by atoms with van der Waals surface area (Å²) in [5.41, 5.74) is -0.0307. The Labute approximate surface area is 94.2 Å². The van der Waals surface area contributed by atoms with E-state index in [1.165, 1.54) is 0 Å². The molecule has 2 atom stereocenters. The number of halogens is 1. The second kappa shape index (κ2) is 5.97. The summed E-state index contributed by atoms with van der Waals surface area (Å²) in [6, 6.07) is 0. The summed E-state index contributed by atoms with van der Waals surface area (Å²) >= 11 is 6.13. The first-order valence-corrected chi connectivity index (χ1v) is 5.95. The quantitative estimate of drug-likeness (QED) is 0.635. The van der Waals surface area contributed by atoms with Gasteiger partial charge in [-0.05, 0) is 46.0 Å². The van der Waals surface area contributed by atoms with E-state index >= 15 is 0 Å². The van der Waals surface area contributed by atoms with Crippen molar-refractivity contribution in [3.8, 4) is 0 Å². The normalized spacial score (nSPS) is 17.1. The molecule has 0 amide bonds. The molecule has 0 spiro atoms. The van der Waals surface area contributed by atoms with E-state index in [0.717, 1.165) is 13.0 Å². The molecule has 0 aliphatic heterocycles. The summed E-state index contributed by atoms with van der Waals surface area (Å²) in [5.74, 6) is 1.19. The number of ether oxygens (including phenoxy) is 1. The molecule has 0 N–H and O–H groups in total. The second-order valence-electron chi connectivity index (χ2n) is 5.33. The molecule has 1 nitrogen and oxygen atoms in total. The van der Waals surface area contributed by atoms with Gasteiger partial charge in [0.15, 0.2) is 0 Å². The predicted molar refractivity (Wildman–Crippen MR) is 64.0 cm³/mol. The first kappa shape index (κ1) is 14.2. The van der Waals surface area contributed by atoms with Crippen molar-refractivity contribution >= 4 is 11.6 Å². The zero-order valence-electron chi connectivity index (χ0n) is 10.4. The maximum atomic E-state index is 6.13. The summed E-state index contributed by atoms with van der Waals surface area (Å²) in [6.45, 7) is 13.6. The Hall–Kier alpha value is 0.250. The number of rotatable bonds is 5. The van der Waals surface area contributed by atoms with Crippen molar-refractivity contribution in [2.24, 2.45) is 11.8 Å². The van der Waals surface area contributed by atoms with Crippen LogP contribution in [0.3, 0.4) is 0 Å². The highest BCUT2D eigenvalue weighted by Gasteiger charge is 2.20. The summed E-state index contributed by atoms with van der Waals surface area (Å²) in [4.78, 5) is 0. The van der Waals surface area contributed by atoms with E-state index in [1.807, 2.05) is 0 Å². The van der Waals surface area contributed by atoms with E-state index in [2.05, 4.69) is 41.5 Å². The van der Waals surface area contributed by atoms with E-state index in [-0.39, 0.29) is 11.0 Å². The van der Waals surface area contributed by atoms with Crippen molar-refractivity contribution in [1.82, 2.24) is 0 Å². The highest BCUT2D eigenvalue weighted by molar-refractivity contribution is 6.20. The molecule has 0 saturated carbocycles. The van der Waals surface area contributed by atoms with Crippen molar-refractivity contribution in [2.45, 2.75) is 58.9 Å². The van der Waals surface area contributed by atoms with Gasteiger partial charge in [-0.3, -0.25) is 0 Å². The van der Waals surface area contributed by atoms with Gasteiger partial charge in [0.1, 0.15) is 0 Å². The fraction of sp³-hybridized carbons (Fsp3) is 1.00. The Bertz CT molecular complexity index is 139. The molecule has 0 aliphatic carbocycles. The van der Waals surface area contributed by atoms with Gasteiger partial charge in [-0.1, -0.05) is 13.8 Å².